The summed E-state index contributed by atoms with van der Waals surface area (Å²) >= 11 is 0. The van der Waals surface area contributed by atoms with Crippen LogP contribution >= 0.6 is 0 Å². The monoisotopic (exact) mass is 328 g/mol. The van der Waals surface area contributed by atoms with Crippen LogP contribution in [-0.4, -0.2) is 51.8 Å². The molecule has 6 nitrogen and oxygen atoms in total. The Morgan fingerprint density at radius 3 is 1.96 bits per heavy atom. The molecule has 1 fully saturated rings. The molecule has 0 aromatic heterocycles. The molecule has 1 saturated heterocycles. The third-order valence-corrected chi connectivity index (χ3v) is 4.69. The highest BCUT2D eigenvalue weighted by Crippen LogP contribution is 2.32. The predicted octanol–water partition coefficient (Wildman–Crippen LogP) is 3.01. The van der Waals surface area contributed by atoms with Gasteiger partial charge in [0.2, 0.25) is 0 Å². The van der Waals surface area contributed by atoms with Gasteiger partial charge in [0.15, 0.2) is 0 Å². The van der Waals surface area contributed by atoms with E-state index in [1.54, 1.807) is 4.90 Å². The highest BCUT2D eigenvalue weighted by molar-refractivity contribution is 5.73. The second-order valence-corrected chi connectivity index (χ2v) is 7.65. The maximum absolute atomic E-state index is 12.1. The van der Waals surface area contributed by atoms with Crippen LogP contribution in [0.4, 0.5) is 4.79 Å². The van der Waals surface area contributed by atoms with Gasteiger partial charge in [0, 0.05) is 18.6 Å². The van der Waals surface area contributed by atoms with Crippen molar-refractivity contribution in [1.82, 2.24) is 10.2 Å². The summed E-state index contributed by atoms with van der Waals surface area (Å²) in [5, 5.41) is 12.8. The van der Waals surface area contributed by atoms with Crippen LogP contribution in [0.3, 0.4) is 0 Å². The Morgan fingerprint density at radius 2 is 1.61 bits per heavy atom. The topological polar surface area (TPSA) is 78.9 Å². The second-order valence-electron chi connectivity index (χ2n) is 7.65. The fraction of sp³-hybridized carbons (Fsp3) is 0.882. The SMILES string of the molecule is CCC(CC)(CC)NC1(CC(=O)O)CN(C(=O)OC(C)(C)C)C1. The Labute approximate surface area is 139 Å². The lowest BCUT2D eigenvalue weighted by Crippen LogP contribution is -2.75. The summed E-state index contributed by atoms with van der Waals surface area (Å²) in [6, 6.07) is 0. The summed E-state index contributed by atoms with van der Waals surface area (Å²) < 4.78 is 5.36. The first-order valence-corrected chi connectivity index (χ1v) is 8.49. The highest BCUT2D eigenvalue weighted by atomic mass is 16.6. The molecule has 2 N–H and O–H groups in total. The molecule has 0 bridgehead atoms. The Kier molecular flexibility index (Phi) is 6.07. The first kappa shape index (κ1) is 19.7. The van der Waals surface area contributed by atoms with E-state index in [9.17, 15) is 14.7 Å². The van der Waals surface area contributed by atoms with E-state index in [4.69, 9.17) is 4.74 Å². The van der Waals surface area contributed by atoms with Gasteiger partial charge in [-0.25, -0.2) is 4.79 Å². The normalized spacial score (nSPS) is 17.6. The van der Waals surface area contributed by atoms with Gasteiger partial charge in [-0.2, -0.15) is 0 Å². The van der Waals surface area contributed by atoms with Crippen molar-refractivity contribution in [3.63, 3.8) is 0 Å². The standard InChI is InChI=1S/C17H32N2O4/c1-7-16(8-2,9-3)18-17(10-13(20)21)11-19(12-17)14(22)23-15(4,5)6/h18H,7-12H2,1-6H3,(H,20,21). The van der Waals surface area contributed by atoms with Crippen molar-refractivity contribution < 1.29 is 19.4 Å². The van der Waals surface area contributed by atoms with Crippen molar-refractivity contribution >= 4 is 12.1 Å². The van der Waals surface area contributed by atoms with Gasteiger partial charge in [-0.05, 0) is 40.0 Å². The van der Waals surface area contributed by atoms with Crippen LogP contribution in [0, 0.1) is 0 Å². The molecule has 1 rings (SSSR count). The van der Waals surface area contributed by atoms with Gasteiger partial charge in [0.1, 0.15) is 5.60 Å². The lowest BCUT2D eigenvalue weighted by Gasteiger charge is -2.54. The predicted molar refractivity (Wildman–Crippen MR) is 89.5 cm³/mol. The van der Waals surface area contributed by atoms with Gasteiger partial charge in [-0.15, -0.1) is 0 Å². The zero-order valence-corrected chi connectivity index (χ0v) is 15.4. The van der Waals surface area contributed by atoms with Crippen LogP contribution in [0.5, 0.6) is 0 Å². The van der Waals surface area contributed by atoms with Crippen molar-refractivity contribution in [1.29, 1.82) is 0 Å². The summed E-state index contributed by atoms with van der Waals surface area (Å²) in [6.45, 7) is 12.5. The van der Waals surface area contributed by atoms with E-state index < -0.39 is 17.1 Å². The van der Waals surface area contributed by atoms with E-state index in [1.807, 2.05) is 20.8 Å². The van der Waals surface area contributed by atoms with Crippen molar-refractivity contribution in [2.45, 2.75) is 83.9 Å². The number of nitrogens with zero attached hydrogens (tertiary/aromatic N) is 1. The molecule has 0 saturated carbocycles. The molecule has 0 aliphatic carbocycles. The van der Waals surface area contributed by atoms with Gasteiger partial charge in [-0.1, -0.05) is 20.8 Å². The molecule has 1 aliphatic rings. The minimum absolute atomic E-state index is 0.00798. The largest absolute Gasteiger partial charge is 0.481 e. The Hall–Kier alpha value is -1.30. The number of hydrogen-bond acceptors (Lipinski definition) is 4. The Balaban J connectivity index is 2.81. The van der Waals surface area contributed by atoms with Crippen LogP contribution in [0.25, 0.3) is 0 Å². The third kappa shape index (κ3) is 5.09. The Bertz CT molecular complexity index is 424. The van der Waals surface area contributed by atoms with E-state index in [-0.39, 0.29) is 18.1 Å². The molecule has 134 valence electrons. The number of carbonyl (C=O) groups is 2. The van der Waals surface area contributed by atoms with Crippen molar-refractivity contribution in [3.8, 4) is 0 Å². The average Bonchev–Trinajstić information content (AvgIpc) is 2.39. The zero-order valence-electron chi connectivity index (χ0n) is 15.4. The first-order valence-electron chi connectivity index (χ1n) is 8.49. The molecule has 0 atom stereocenters. The van der Waals surface area contributed by atoms with Gasteiger partial charge in [0.25, 0.3) is 0 Å². The number of rotatable bonds is 7. The number of carbonyl (C=O) groups excluding carboxylic acids is 1. The van der Waals surface area contributed by atoms with Crippen LogP contribution in [0.2, 0.25) is 0 Å². The summed E-state index contributed by atoms with van der Waals surface area (Å²) in [5.74, 6) is -0.849. The van der Waals surface area contributed by atoms with E-state index in [1.165, 1.54) is 0 Å². The van der Waals surface area contributed by atoms with Crippen molar-refractivity contribution in [3.05, 3.63) is 0 Å². The minimum Gasteiger partial charge on any atom is -0.481 e. The van der Waals surface area contributed by atoms with Gasteiger partial charge in [0.05, 0.1) is 12.0 Å². The Morgan fingerprint density at radius 1 is 1.13 bits per heavy atom. The maximum Gasteiger partial charge on any atom is 0.410 e. The van der Waals surface area contributed by atoms with Crippen molar-refractivity contribution in [2.75, 3.05) is 13.1 Å². The van der Waals surface area contributed by atoms with Crippen LogP contribution in [0.1, 0.15) is 67.2 Å². The molecule has 0 radical (unpaired) electrons. The molecule has 6 heteroatoms. The van der Waals surface area contributed by atoms with Gasteiger partial charge < -0.3 is 20.1 Å². The second kappa shape index (κ2) is 7.07. The van der Waals surface area contributed by atoms with Crippen LogP contribution in [-0.2, 0) is 9.53 Å². The number of hydrogen-bond donors (Lipinski definition) is 2. The van der Waals surface area contributed by atoms with E-state index >= 15 is 0 Å². The molecule has 1 amide bonds. The lowest BCUT2D eigenvalue weighted by molar-refractivity contribution is -0.141. The molecular weight excluding hydrogens is 296 g/mol. The van der Waals surface area contributed by atoms with Crippen LogP contribution in [0.15, 0.2) is 0 Å². The third-order valence-electron chi connectivity index (χ3n) is 4.69. The number of amides is 1. The molecular formula is C17H32N2O4. The fourth-order valence-corrected chi connectivity index (χ4v) is 3.24. The summed E-state index contributed by atoms with van der Waals surface area (Å²) in [5.41, 5.74) is -1.20. The number of carboxylic acid groups (broad SMARTS) is 1. The zero-order chi connectivity index (χ0) is 17.9. The van der Waals surface area contributed by atoms with E-state index in [2.05, 4.69) is 26.1 Å². The molecule has 0 aromatic carbocycles. The van der Waals surface area contributed by atoms with E-state index in [0.29, 0.717) is 13.1 Å². The van der Waals surface area contributed by atoms with Crippen LogP contribution < -0.4 is 5.32 Å². The summed E-state index contributed by atoms with van der Waals surface area (Å²) in [6.07, 6.45) is 2.40. The summed E-state index contributed by atoms with van der Waals surface area (Å²) in [4.78, 5) is 25.0. The number of aliphatic carboxylic acids is 1. The smallest absolute Gasteiger partial charge is 0.410 e. The molecule has 0 unspecified atom stereocenters. The van der Waals surface area contributed by atoms with Gasteiger partial charge >= 0.3 is 12.1 Å². The van der Waals surface area contributed by atoms with Gasteiger partial charge in [-0.3, -0.25) is 4.79 Å². The average molecular weight is 328 g/mol. The van der Waals surface area contributed by atoms with E-state index in [0.717, 1.165) is 19.3 Å². The number of likely N-dealkylation sites (tertiary alicyclic amines) is 1. The molecule has 0 aromatic rings. The minimum atomic E-state index is -0.849. The number of ether oxygens (including phenoxy) is 1. The highest BCUT2D eigenvalue weighted by Gasteiger charge is 2.50. The first-order chi connectivity index (χ1) is 10.5. The number of carboxylic acids is 1. The molecule has 1 aliphatic heterocycles. The van der Waals surface area contributed by atoms with Crippen molar-refractivity contribution in [2.24, 2.45) is 0 Å². The lowest BCUT2D eigenvalue weighted by atomic mass is 9.80. The molecule has 0 spiro atoms. The maximum atomic E-state index is 12.1. The fourth-order valence-electron chi connectivity index (χ4n) is 3.24. The molecule has 1 heterocycles. The quantitative estimate of drug-likeness (QED) is 0.751. The summed E-state index contributed by atoms with van der Waals surface area (Å²) in [7, 11) is 0. The number of nitrogens with one attached hydrogen (secondary N) is 1. The molecule has 23 heavy (non-hydrogen) atoms.